The van der Waals surface area contributed by atoms with E-state index < -0.39 is 16.4 Å². The summed E-state index contributed by atoms with van der Waals surface area (Å²) in [6.07, 6.45) is 5.35. The van der Waals surface area contributed by atoms with Crippen molar-refractivity contribution < 1.29 is 0 Å². The second-order valence-corrected chi connectivity index (χ2v) is 13.9. The van der Waals surface area contributed by atoms with Crippen molar-refractivity contribution in [3.63, 3.8) is 0 Å². The van der Waals surface area contributed by atoms with Crippen LogP contribution in [-0.2, 0) is 0 Å². The molecule has 4 aliphatic rings. The van der Waals surface area contributed by atoms with E-state index in [9.17, 15) is 0 Å². The third-order valence-electron chi connectivity index (χ3n) is 7.82. The van der Waals surface area contributed by atoms with E-state index in [0.717, 1.165) is 13.1 Å². The lowest BCUT2D eigenvalue weighted by Crippen LogP contribution is -2.36. The van der Waals surface area contributed by atoms with Crippen molar-refractivity contribution >= 4 is 38.4 Å². The molecule has 4 aliphatic heterocycles. The van der Waals surface area contributed by atoms with Gasteiger partial charge in [-0.15, -0.1) is 0 Å². The largest absolute Gasteiger partial charge is 0.333 e. The van der Waals surface area contributed by atoms with Crippen LogP contribution in [0.5, 0.6) is 0 Å². The molecule has 4 nitrogen and oxygen atoms in total. The molecule has 0 spiro atoms. The topological polar surface area (TPSA) is 13.0 Å². The van der Waals surface area contributed by atoms with Crippen LogP contribution < -0.4 is 19.9 Å². The normalized spacial score (nSPS) is 29.1. The van der Waals surface area contributed by atoms with Crippen LogP contribution in [0.3, 0.4) is 0 Å². The van der Waals surface area contributed by atoms with Crippen LogP contribution in [-0.4, -0.2) is 47.6 Å². The number of anilines is 2. The Bertz CT molecular complexity index is 1050. The Morgan fingerprint density at radius 2 is 0.941 bits per heavy atom. The van der Waals surface area contributed by atoms with E-state index in [2.05, 4.69) is 104 Å². The molecule has 0 bridgehead atoms. The Morgan fingerprint density at radius 3 is 1.38 bits per heavy atom. The quantitative estimate of drug-likeness (QED) is 0.450. The van der Waals surface area contributed by atoms with Crippen LogP contribution in [0.15, 0.2) is 84.9 Å². The number of para-hydroxylation sites is 2. The zero-order valence-corrected chi connectivity index (χ0v) is 21.4. The Balaban J connectivity index is 1.34. The maximum Gasteiger partial charge on any atom is 0.101 e. The van der Waals surface area contributed by atoms with Gasteiger partial charge in [0.2, 0.25) is 0 Å². The minimum atomic E-state index is -0.534. The molecule has 0 amide bonds. The fourth-order valence-corrected chi connectivity index (χ4v) is 12.5. The third kappa shape index (κ3) is 3.50. The molecule has 6 heteroatoms. The van der Waals surface area contributed by atoms with Gasteiger partial charge in [0.25, 0.3) is 0 Å². The highest BCUT2D eigenvalue weighted by atomic mass is 31.1. The molecule has 0 aromatic heterocycles. The zero-order chi connectivity index (χ0) is 22.5. The van der Waals surface area contributed by atoms with E-state index in [1.54, 1.807) is 10.6 Å². The van der Waals surface area contributed by atoms with Crippen LogP contribution >= 0.6 is 16.4 Å². The van der Waals surface area contributed by atoms with Crippen molar-refractivity contribution in [1.29, 1.82) is 0 Å². The summed E-state index contributed by atoms with van der Waals surface area (Å²) in [5.41, 5.74) is 2.77. The SMILES string of the molecule is c1ccc(N2CC3CCCN3P2c2ccccc2P2N(c3ccccc3)CC3CCCN32)cc1. The van der Waals surface area contributed by atoms with E-state index in [-0.39, 0.29) is 0 Å². The predicted octanol–water partition coefficient (Wildman–Crippen LogP) is 5.53. The Morgan fingerprint density at radius 1 is 0.529 bits per heavy atom. The molecule has 0 aliphatic carbocycles. The van der Waals surface area contributed by atoms with Gasteiger partial charge in [0.05, 0.1) is 0 Å². The van der Waals surface area contributed by atoms with E-state index >= 15 is 0 Å². The summed E-state index contributed by atoms with van der Waals surface area (Å²) >= 11 is 0. The first-order valence-corrected chi connectivity index (χ1v) is 15.3. The van der Waals surface area contributed by atoms with Gasteiger partial charge in [0, 0.05) is 60.2 Å². The highest BCUT2D eigenvalue weighted by molar-refractivity contribution is 7.71. The maximum atomic E-state index is 2.86. The monoisotopic (exact) mass is 486 g/mol. The minimum Gasteiger partial charge on any atom is -0.333 e. The van der Waals surface area contributed by atoms with Crippen LogP contribution in [0.2, 0.25) is 0 Å². The van der Waals surface area contributed by atoms with Crippen LogP contribution in [0, 0.1) is 0 Å². The smallest absolute Gasteiger partial charge is 0.101 e. The third-order valence-corrected chi connectivity index (χ3v) is 13.4. The summed E-state index contributed by atoms with van der Waals surface area (Å²) in [6.45, 7) is 4.80. The lowest BCUT2D eigenvalue weighted by Gasteiger charge is -2.36. The molecule has 4 heterocycles. The molecule has 174 valence electrons. The number of hydrogen-bond acceptors (Lipinski definition) is 4. The van der Waals surface area contributed by atoms with Crippen molar-refractivity contribution in [2.75, 3.05) is 35.5 Å². The highest BCUT2D eigenvalue weighted by Gasteiger charge is 2.48. The Hall–Kier alpha value is -1.96. The van der Waals surface area contributed by atoms with Gasteiger partial charge in [-0.3, -0.25) is 9.34 Å². The molecule has 0 N–H and O–H groups in total. The van der Waals surface area contributed by atoms with E-state index in [0.29, 0.717) is 12.1 Å². The molecule has 0 radical (unpaired) electrons. The molecule has 4 fully saturated rings. The molecular formula is C28H32N4P2. The number of fused-ring (bicyclic) bond motifs is 2. The van der Waals surface area contributed by atoms with Crippen molar-refractivity contribution in [1.82, 2.24) is 9.34 Å². The summed E-state index contributed by atoms with van der Waals surface area (Å²) in [6, 6.07) is 33.2. The number of benzene rings is 3. The Kier molecular flexibility index (Phi) is 5.60. The molecule has 4 unspecified atom stereocenters. The standard InChI is InChI=1S/C28H32N4P2/c1-3-11-23(12-4-1)31-21-25-15-9-19-29(25)33(31)27-17-7-8-18-28(27)34-30-20-10-16-26(30)22-32(34)24-13-5-2-6-14-24/h1-8,11-14,17-18,25-26H,9-10,15-16,19-22H2. The average molecular weight is 487 g/mol. The first-order valence-electron chi connectivity index (χ1n) is 12.8. The van der Waals surface area contributed by atoms with Crippen LogP contribution in [0.25, 0.3) is 0 Å². The lowest BCUT2D eigenvalue weighted by molar-refractivity contribution is 0.467. The molecule has 3 aromatic rings. The van der Waals surface area contributed by atoms with Gasteiger partial charge < -0.3 is 9.34 Å². The van der Waals surface area contributed by atoms with Crippen molar-refractivity contribution in [2.24, 2.45) is 0 Å². The summed E-state index contributed by atoms with van der Waals surface area (Å²) in [4.78, 5) is 0. The van der Waals surface area contributed by atoms with Gasteiger partial charge in [0.15, 0.2) is 0 Å². The zero-order valence-electron chi connectivity index (χ0n) is 19.6. The van der Waals surface area contributed by atoms with Crippen molar-refractivity contribution in [3.8, 4) is 0 Å². The van der Waals surface area contributed by atoms with E-state index in [4.69, 9.17) is 0 Å². The maximum absolute atomic E-state index is 2.86. The molecule has 3 aromatic carbocycles. The van der Waals surface area contributed by atoms with Crippen molar-refractivity contribution in [3.05, 3.63) is 84.9 Å². The molecule has 4 saturated heterocycles. The fourth-order valence-electron chi connectivity index (χ4n) is 6.31. The summed E-state index contributed by atoms with van der Waals surface area (Å²) in [5.74, 6) is 0. The first kappa shape index (κ1) is 21.3. The highest BCUT2D eigenvalue weighted by Crippen LogP contribution is 2.59. The number of nitrogens with zero attached hydrogens (tertiary/aromatic N) is 4. The van der Waals surface area contributed by atoms with Gasteiger partial charge in [-0.1, -0.05) is 60.7 Å². The Labute approximate surface area is 205 Å². The van der Waals surface area contributed by atoms with Gasteiger partial charge in [-0.2, -0.15) is 0 Å². The molecule has 0 saturated carbocycles. The molecule has 7 rings (SSSR count). The van der Waals surface area contributed by atoms with Gasteiger partial charge in [-0.25, -0.2) is 0 Å². The molecular weight excluding hydrogens is 454 g/mol. The average Bonchev–Trinajstić information content (AvgIpc) is 3.66. The number of hydrogen-bond donors (Lipinski definition) is 0. The van der Waals surface area contributed by atoms with Crippen LogP contribution in [0.1, 0.15) is 25.7 Å². The summed E-state index contributed by atoms with van der Waals surface area (Å²) in [5, 5.41) is 3.18. The van der Waals surface area contributed by atoms with Gasteiger partial charge in [-0.05, 0) is 49.9 Å². The van der Waals surface area contributed by atoms with E-state index in [1.807, 2.05) is 0 Å². The lowest BCUT2D eigenvalue weighted by atomic mass is 10.2. The van der Waals surface area contributed by atoms with Gasteiger partial charge >= 0.3 is 0 Å². The van der Waals surface area contributed by atoms with Crippen molar-refractivity contribution in [2.45, 2.75) is 37.8 Å². The second-order valence-electron chi connectivity index (χ2n) is 9.82. The van der Waals surface area contributed by atoms with E-state index in [1.165, 1.54) is 50.1 Å². The predicted molar refractivity (Wildman–Crippen MR) is 147 cm³/mol. The molecule has 4 atom stereocenters. The number of rotatable bonds is 4. The van der Waals surface area contributed by atoms with Gasteiger partial charge in [0.1, 0.15) is 16.4 Å². The van der Waals surface area contributed by atoms with Crippen LogP contribution in [0.4, 0.5) is 11.4 Å². The summed E-state index contributed by atoms with van der Waals surface area (Å²) < 4.78 is 11.2. The second kappa shape index (κ2) is 8.92. The molecule has 34 heavy (non-hydrogen) atoms. The fraction of sp³-hybridized carbons (Fsp3) is 0.357. The first-order chi connectivity index (χ1) is 16.9. The minimum absolute atomic E-state index is 0.534. The summed E-state index contributed by atoms with van der Waals surface area (Å²) in [7, 11) is -1.07.